The average molecular weight is 502 g/mol. The summed E-state index contributed by atoms with van der Waals surface area (Å²) in [4.78, 5) is 8.78. The van der Waals surface area contributed by atoms with E-state index in [-0.39, 0.29) is 0 Å². The van der Waals surface area contributed by atoms with Crippen LogP contribution in [-0.2, 0) is 23.0 Å². The number of nitrogens with zero attached hydrogens (tertiary/aromatic N) is 3. The molecule has 35 heavy (non-hydrogen) atoms. The molecule has 3 aromatic rings. The minimum absolute atomic E-state index is 0.295. The third-order valence-electron chi connectivity index (χ3n) is 5.95. The summed E-state index contributed by atoms with van der Waals surface area (Å²) >= 11 is 0. The molecule has 1 aliphatic heterocycles. The van der Waals surface area contributed by atoms with E-state index in [1.807, 2.05) is 24.3 Å². The molecule has 2 heterocycles. The topological polar surface area (TPSA) is 87.2 Å². The lowest BCUT2D eigenvalue weighted by molar-refractivity contribution is 0.351. The second-order valence-corrected chi connectivity index (χ2v) is 10.8. The maximum atomic E-state index is 13.4. The van der Waals surface area contributed by atoms with E-state index >= 15 is 0 Å². The van der Waals surface area contributed by atoms with Crippen molar-refractivity contribution in [2.24, 2.45) is 5.92 Å². The Morgan fingerprint density at radius 3 is 2.63 bits per heavy atom. The van der Waals surface area contributed by atoms with Gasteiger partial charge in [-0.15, -0.1) is 0 Å². The van der Waals surface area contributed by atoms with Crippen LogP contribution < -0.4 is 10.6 Å². The molecule has 0 amide bonds. The zero-order valence-corrected chi connectivity index (χ0v) is 20.4. The van der Waals surface area contributed by atoms with Crippen molar-refractivity contribution < 1.29 is 17.2 Å². The Balaban J connectivity index is 1.43. The molecule has 1 atom stereocenters. The minimum Gasteiger partial charge on any atom is -0.354 e. The van der Waals surface area contributed by atoms with Gasteiger partial charge in [-0.05, 0) is 67.2 Å². The van der Waals surface area contributed by atoms with Crippen LogP contribution in [0.4, 0.5) is 14.7 Å². The molecule has 0 spiro atoms. The van der Waals surface area contributed by atoms with Gasteiger partial charge in [0.2, 0.25) is 16.0 Å². The van der Waals surface area contributed by atoms with Crippen molar-refractivity contribution in [3.8, 4) is 11.3 Å². The highest BCUT2D eigenvalue weighted by Gasteiger charge is 2.24. The van der Waals surface area contributed by atoms with Crippen LogP contribution in [0.3, 0.4) is 0 Å². The van der Waals surface area contributed by atoms with Gasteiger partial charge in [-0.25, -0.2) is 27.2 Å². The van der Waals surface area contributed by atoms with E-state index in [0.717, 1.165) is 36.7 Å². The quantitative estimate of drug-likeness (QED) is 0.443. The first kappa shape index (κ1) is 25.2. The van der Waals surface area contributed by atoms with Gasteiger partial charge in [0, 0.05) is 37.5 Å². The highest BCUT2D eigenvalue weighted by Crippen LogP contribution is 2.22. The van der Waals surface area contributed by atoms with Crippen molar-refractivity contribution in [3.63, 3.8) is 0 Å². The summed E-state index contributed by atoms with van der Waals surface area (Å²) in [5.74, 6) is -0.497. The van der Waals surface area contributed by atoms with E-state index in [0.29, 0.717) is 49.2 Å². The predicted octanol–water partition coefficient (Wildman–Crippen LogP) is 3.45. The monoisotopic (exact) mass is 501 g/mol. The third kappa shape index (κ3) is 7.27. The maximum Gasteiger partial charge on any atom is 0.223 e. The zero-order chi connectivity index (χ0) is 24.8. The molecule has 0 saturated carbocycles. The minimum atomic E-state index is -3.35. The predicted molar refractivity (Wildman–Crippen MR) is 132 cm³/mol. The Bertz CT molecular complexity index is 1250. The Kier molecular flexibility index (Phi) is 8.04. The van der Waals surface area contributed by atoms with Crippen molar-refractivity contribution in [2.45, 2.75) is 19.4 Å². The molecule has 0 radical (unpaired) electrons. The molecule has 186 valence electrons. The summed E-state index contributed by atoms with van der Waals surface area (Å²) in [6, 6.07) is 12.9. The number of aromatic nitrogens is 2. The van der Waals surface area contributed by atoms with Crippen molar-refractivity contribution in [3.05, 3.63) is 77.5 Å². The molecule has 0 aliphatic carbocycles. The number of benzene rings is 2. The molecule has 1 fully saturated rings. The van der Waals surface area contributed by atoms with E-state index in [1.54, 1.807) is 12.3 Å². The SMILES string of the molecule is CS(=O)(=O)N(Cc1cccc(-c2ccnc(NCCc3cc(F)cc(F)c3)n2)c1)C[C@H]1CCNC1. The molecule has 10 heteroatoms. The number of halogens is 2. The third-order valence-corrected chi connectivity index (χ3v) is 7.17. The molecular formula is C25H29F2N5O2S. The number of rotatable bonds is 10. The highest BCUT2D eigenvalue weighted by molar-refractivity contribution is 7.88. The van der Waals surface area contributed by atoms with Gasteiger partial charge >= 0.3 is 0 Å². The Morgan fingerprint density at radius 1 is 1.11 bits per heavy atom. The molecule has 4 rings (SSSR count). The first-order chi connectivity index (χ1) is 16.8. The number of sulfonamides is 1. The fourth-order valence-electron chi connectivity index (χ4n) is 4.19. The number of hydrogen-bond acceptors (Lipinski definition) is 6. The first-order valence-corrected chi connectivity index (χ1v) is 13.4. The van der Waals surface area contributed by atoms with Gasteiger partial charge in [-0.2, -0.15) is 4.31 Å². The normalized spacial score (nSPS) is 16.1. The van der Waals surface area contributed by atoms with E-state index in [9.17, 15) is 17.2 Å². The smallest absolute Gasteiger partial charge is 0.223 e. The molecular weight excluding hydrogens is 472 g/mol. The highest BCUT2D eigenvalue weighted by atomic mass is 32.2. The molecule has 2 N–H and O–H groups in total. The fourth-order valence-corrected chi connectivity index (χ4v) is 5.05. The van der Waals surface area contributed by atoms with Crippen molar-refractivity contribution >= 4 is 16.0 Å². The van der Waals surface area contributed by atoms with Crippen LogP contribution in [0, 0.1) is 17.6 Å². The van der Waals surface area contributed by atoms with E-state index in [4.69, 9.17) is 0 Å². The first-order valence-electron chi connectivity index (χ1n) is 11.5. The van der Waals surface area contributed by atoms with Crippen LogP contribution in [0.25, 0.3) is 11.3 Å². The molecule has 7 nitrogen and oxygen atoms in total. The molecule has 1 saturated heterocycles. The maximum absolute atomic E-state index is 13.4. The lowest BCUT2D eigenvalue weighted by Gasteiger charge is -2.23. The molecule has 0 unspecified atom stereocenters. The van der Waals surface area contributed by atoms with Crippen molar-refractivity contribution in [1.82, 2.24) is 19.6 Å². The van der Waals surface area contributed by atoms with Gasteiger partial charge in [-0.3, -0.25) is 0 Å². The second kappa shape index (κ2) is 11.2. The standard InChI is InChI=1S/C25H29F2N5O2S/c1-35(33,34)32(17-20-5-8-28-15-20)16-19-3-2-4-21(11-19)24-7-10-30-25(31-24)29-9-6-18-12-22(26)14-23(27)13-18/h2-4,7,10-14,20,28H,5-6,8-9,15-17H2,1H3,(H,29,30,31)/t20-/m0/s1. The summed E-state index contributed by atoms with van der Waals surface area (Å²) in [7, 11) is -3.35. The number of anilines is 1. The average Bonchev–Trinajstić information content (AvgIpc) is 3.31. The fraction of sp³-hybridized carbons (Fsp3) is 0.360. The van der Waals surface area contributed by atoms with Crippen molar-refractivity contribution in [2.75, 3.05) is 37.8 Å². The van der Waals surface area contributed by atoms with E-state index in [2.05, 4.69) is 20.6 Å². The number of nitrogens with one attached hydrogen (secondary N) is 2. The van der Waals surface area contributed by atoms with Crippen LogP contribution in [0.15, 0.2) is 54.7 Å². The summed E-state index contributed by atoms with van der Waals surface area (Å²) in [5, 5.41) is 6.37. The summed E-state index contributed by atoms with van der Waals surface area (Å²) in [6.45, 7) is 2.94. The molecule has 1 aromatic heterocycles. The molecule has 0 bridgehead atoms. The van der Waals surface area contributed by atoms with Crippen molar-refractivity contribution in [1.29, 1.82) is 0 Å². The lowest BCUT2D eigenvalue weighted by atomic mass is 10.1. The Hall–Kier alpha value is -2.95. The second-order valence-electron chi connectivity index (χ2n) is 8.83. The summed E-state index contributed by atoms with van der Waals surface area (Å²) < 4.78 is 53.1. The Labute approximate surface area is 204 Å². The van der Waals surface area contributed by atoms with Gasteiger partial charge in [0.05, 0.1) is 11.9 Å². The van der Waals surface area contributed by atoms with E-state index < -0.39 is 21.7 Å². The van der Waals surface area contributed by atoms with E-state index in [1.165, 1.54) is 22.7 Å². The van der Waals surface area contributed by atoms with Crippen LogP contribution in [-0.4, -0.2) is 55.1 Å². The van der Waals surface area contributed by atoms with Crippen LogP contribution in [0.1, 0.15) is 17.5 Å². The summed E-state index contributed by atoms with van der Waals surface area (Å²) in [6.07, 6.45) is 4.27. The summed E-state index contributed by atoms with van der Waals surface area (Å²) in [5.41, 5.74) is 2.95. The zero-order valence-electron chi connectivity index (χ0n) is 19.5. The molecule has 2 aromatic carbocycles. The van der Waals surface area contributed by atoms with Gasteiger partial charge in [0.25, 0.3) is 0 Å². The largest absolute Gasteiger partial charge is 0.354 e. The van der Waals surface area contributed by atoms with Crippen LogP contribution in [0.5, 0.6) is 0 Å². The van der Waals surface area contributed by atoms with Gasteiger partial charge in [0.1, 0.15) is 11.6 Å². The van der Waals surface area contributed by atoms with Gasteiger partial charge < -0.3 is 10.6 Å². The number of hydrogen-bond donors (Lipinski definition) is 2. The van der Waals surface area contributed by atoms with Crippen LogP contribution >= 0.6 is 0 Å². The van der Waals surface area contributed by atoms with Crippen LogP contribution in [0.2, 0.25) is 0 Å². The lowest BCUT2D eigenvalue weighted by Crippen LogP contribution is -2.34. The Morgan fingerprint density at radius 2 is 1.91 bits per heavy atom. The van der Waals surface area contributed by atoms with Gasteiger partial charge in [0.15, 0.2) is 0 Å². The molecule has 1 aliphatic rings. The van der Waals surface area contributed by atoms with Gasteiger partial charge in [-0.1, -0.05) is 18.2 Å².